The number of para-hydroxylation sites is 4. The molecule has 0 unspecified atom stereocenters. The zero-order chi connectivity index (χ0) is 30.2. The average Bonchev–Trinajstić information content (AvgIpc) is 3.70. The standard InChI is InChI=1S/C42H24N2O2/c1-2-12-25(13-3-1)26-17-10-18-29-33-24-32(27-14-4-5-15-28(27)42(33)46-41(26)29)40-39(43-34-20-7-8-21-35(34)44-40)31-19-11-23-37-38(31)30-16-6-9-22-36(30)45-37/h1-24H. The third kappa shape index (κ3) is 3.61. The zero-order valence-corrected chi connectivity index (χ0v) is 24.6. The number of rotatable bonds is 3. The molecule has 0 amide bonds. The molecule has 10 aromatic rings. The molecule has 0 radical (unpaired) electrons. The van der Waals surface area contributed by atoms with Crippen LogP contribution in [-0.4, -0.2) is 9.97 Å². The van der Waals surface area contributed by atoms with E-state index in [9.17, 15) is 0 Å². The van der Waals surface area contributed by atoms with E-state index in [1.54, 1.807) is 0 Å². The van der Waals surface area contributed by atoms with Gasteiger partial charge in [-0.2, -0.15) is 0 Å². The van der Waals surface area contributed by atoms with E-state index in [1.807, 2.05) is 54.6 Å². The molecule has 0 aliphatic heterocycles. The van der Waals surface area contributed by atoms with E-state index in [0.29, 0.717) is 0 Å². The monoisotopic (exact) mass is 588 g/mol. The Kier molecular flexibility index (Phi) is 5.25. The van der Waals surface area contributed by atoms with Gasteiger partial charge in [-0.3, -0.25) is 0 Å². The van der Waals surface area contributed by atoms with Gasteiger partial charge in [0, 0.05) is 43.6 Å². The van der Waals surface area contributed by atoms with Crippen molar-refractivity contribution in [3.63, 3.8) is 0 Å². The molecule has 4 nitrogen and oxygen atoms in total. The number of furan rings is 2. The van der Waals surface area contributed by atoms with Gasteiger partial charge in [-0.1, -0.05) is 115 Å². The minimum absolute atomic E-state index is 0.818. The maximum atomic E-state index is 6.77. The molecule has 0 spiro atoms. The summed E-state index contributed by atoms with van der Waals surface area (Å²) in [6.07, 6.45) is 0. The summed E-state index contributed by atoms with van der Waals surface area (Å²) in [6.45, 7) is 0. The lowest BCUT2D eigenvalue weighted by Gasteiger charge is -2.14. The molecule has 0 aliphatic carbocycles. The number of hydrogen-bond acceptors (Lipinski definition) is 4. The van der Waals surface area contributed by atoms with Crippen molar-refractivity contribution in [3.8, 4) is 33.6 Å². The van der Waals surface area contributed by atoms with E-state index in [0.717, 1.165) is 99.3 Å². The average molecular weight is 589 g/mol. The van der Waals surface area contributed by atoms with Crippen LogP contribution in [0, 0.1) is 0 Å². The van der Waals surface area contributed by atoms with E-state index in [2.05, 4.69) is 91.0 Å². The summed E-state index contributed by atoms with van der Waals surface area (Å²) in [5.41, 5.74) is 11.0. The first-order valence-corrected chi connectivity index (χ1v) is 15.4. The van der Waals surface area contributed by atoms with E-state index < -0.39 is 0 Å². The molecule has 0 fully saturated rings. The summed E-state index contributed by atoms with van der Waals surface area (Å²) in [4.78, 5) is 10.7. The van der Waals surface area contributed by atoms with Crippen LogP contribution in [0.3, 0.4) is 0 Å². The van der Waals surface area contributed by atoms with Gasteiger partial charge in [0.25, 0.3) is 0 Å². The molecule has 0 saturated carbocycles. The van der Waals surface area contributed by atoms with Crippen molar-refractivity contribution >= 4 is 65.7 Å². The highest BCUT2D eigenvalue weighted by Crippen LogP contribution is 2.45. The van der Waals surface area contributed by atoms with Crippen LogP contribution < -0.4 is 0 Å². The summed E-state index contributed by atoms with van der Waals surface area (Å²) in [6, 6.07) is 50.0. The highest BCUT2D eigenvalue weighted by Gasteiger charge is 2.23. The summed E-state index contributed by atoms with van der Waals surface area (Å²) in [5, 5.41) is 6.32. The quantitative estimate of drug-likeness (QED) is 0.206. The molecule has 3 aromatic heterocycles. The molecule has 46 heavy (non-hydrogen) atoms. The number of nitrogens with zero attached hydrogens (tertiary/aromatic N) is 2. The van der Waals surface area contributed by atoms with Crippen molar-refractivity contribution in [2.24, 2.45) is 0 Å². The summed E-state index contributed by atoms with van der Waals surface area (Å²) in [5.74, 6) is 0. The summed E-state index contributed by atoms with van der Waals surface area (Å²) < 4.78 is 13.1. The summed E-state index contributed by atoms with van der Waals surface area (Å²) >= 11 is 0. The van der Waals surface area contributed by atoms with Crippen LogP contribution in [0.15, 0.2) is 154 Å². The molecule has 10 rings (SSSR count). The lowest BCUT2D eigenvalue weighted by atomic mass is 9.93. The molecule has 0 saturated heterocycles. The van der Waals surface area contributed by atoms with Gasteiger partial charge in [0.05, 0.1) is 22.4 Å². The molecule has 214 valence electrons. The van der Waals surface area contributed by atoms with E-state index in [1.165, 1.54) is 0 Å². The van der Waals surface area contributed by atoms with Crippen molar-refractivity contribution in [1.82, 2.24) is 9.97 Å². The predicted molar refractivity (Wildman–Crippen MR) is 188 cm³/mol. The Bertz CT molecular complexity index is 2810. The van der Waals surface area contributed by atoms with Crippen molar-refractivity contribution in [3.05, 3.63) is 146 Å². The van der Waals surface area contributed by atoms with Gasteiger partial charge in [0.2, 0.25) is 0 Å². The highest BCUT2D eigenvalue weighted by molar-refractivity contribution is 6.21. The topological polar surface area (TPSA) is 52.1 Å². The fourth-order valence-corrected chi connectivity index (χ4v) is 7.01. The Morgan fingerprint density at radius 1 is 0.370 bits per heavy atom. The van der Waals surface area contributed by atoms with Gasteiger partial charge in [0.1, 0.15) is 22.3 Å². The number of aromatic nitrogens is 2. The van der Waals surface area contributed by atoms with Crippen LogP contribution in [0.5, 0.6) is 0 Å². The van der Waals surface area contributed by atoms with Crippen LogP contribution in [0.2, 0.25) is 0 Å². The highest BCUT2D eigenvalue weighted by atomic mass is 16.3. The molecule has 0 bridgehead atoms. The van der Waals surface area contributed by atoms with Crippen LogP contribution >= 0.6 is 0 Å². The molecule has 0 atom stereocenters. The second-order valence-electron chi connectivity index (χ2n) is 11.7. The number of benzene rings is 7. The maximum absolute atomic E-state index is 6.77. The molecule has 7 aromatic carbocycles. The first-order chi connectivity index (χ1) is 22.8. The van der Waals surface area contributed by atoms with E-state index in [4.69, 9.17) is 18.8 Å². The Morgan fingerprint density at radius 2 is 0.957 bits per heavy atom. The van der Waals surface area contributed by atoms with Gasteiger partial charge < -0.3 is 8.83 Å². The Morgan fingerprint density at radius 3 is 1.78 bits per heavy atom. The molecule has 4 heteroatoms. The Balaban J connectivity index is 1.34. The van der Waals surface area contributed by atoms with Crippen molar-refractivity contribution in [1.29, 1.82) is 0 Å². The molecule has 3 heterocycles. The van der Waals surface area contributed by atoms with Gasteiger partial charge in [-0.05, 0) is 41.3 Å². The van der Waals surface area contributed by atoms with Crippen molar-refractivity contribution < 1.29 is 8.83 Å². The Labute approximate surface area is 263 Å². The maximum Gasteiger partial charge on any atom is 0.143 e. The second kappa shape index (κ2) is 9.62. The minimum Gasteiger partial charge on any atom is -0.456 e. The lowest BCUT2D eigenvalue weighted by molar-refractivity contribution is 0.669. The first kappa shape index (κ1) is 25.1. The van der Waals surface area contributed by atoms with E-state index >= 15 is 0 Å². The number of hydrogen-bond donors (Lipinski definition) is 0. The normalized spacial score (nSPS) is 11.9. The Hall–Kier alpha value is -6.26. The molecule has 0 N–H and O–H groups in total. The van der Waals surface area contributed by atoms with E-state index in [-0.39, 0.29) is 0 Å². The smallest absolute Gasteiger partial charge is 0.143 e. The zero-order valence-electron chi connectivity index (χ0n) is 24.6. The van der Waals surface area contributed by atoms with Crippen LogP contribution in [-0.2, 0) is 0 Å². The van der Waals surface area contributed by atoms with Gasteiger partial charge in [0.15, 0.2) is 0 Å². The predicted octanol–water partition coefficient (Wildman–Crippen LogP) is 11.6. The van der Waals surface area contributed by atoms with Crippen LogP contribution in [0.4, 0.5) is 0 Å². The van der Waals surface area contributed by atoms with Crippen LogP contribution in [0.1, 0.15) is 0 Å². The number of fused-ring (bicyclic) bond motifs is 9. The fourth-order valence-electron chi connectivity index (χ4n) is 7.01. The summed E-state index contributed by atoms with van der Waals surface area (Å²) in [7, 11) is 0. The van der Waals surface area contributed by atoms with Gasteiger partial charge >= 0.3 is 0 Å². The fraction of sp³-hybridized carbons (Fsp3) is 0. The molecule has 0 aliphatic rings. The minimum atomic E-state index is 0.818. The molecular formula is C42H24N2O2. The van der Waals surface area contributed by atoms with Crippen molar-refractivity contribution in [2.75, 3.05) is 0 Å². The lowest BCUT2D eigenvalue weighted by Crippen LogP contribution is -1.97. The van der Waals surface area contributed by atoms with Crippen molar-refractivity contribution in [2.45, 2.75) is 0 Å². The third-order valence-corrected chi connectivity index (χ3v) is 9.07. The largest absolute Gasteiger partial charge is 0.456 e. The SMILES string of the molecule is c1ccc(-c2cccc3c2oc2c4ccccc4c(-c4nc5ccccc5nc4-c4cccc5oc6ccccc6c45)cc32)cc1. The molecular weight excluding hydrogens is 564 g/mol. The first-order valence-electron chi connectivity index (χ1n) is 15.4. The van der Waals surface area contributed by atoms with Gasteiger partial charge in [-0.25, -0.2) is 9.97 Å². The third-order valence-electron chi connectivity index (χ3n) is 9.07. The van der Waals surface area contributed by atoms with Gasteiger partial charge in [-0.15, -0.1) is 0 Å². The van der Waals surface area contributed by atoms with Crippen LogP contribution in [0.25, 0.3) is 99.3 Å². The second-order valence-corrected chi connectivity index (χ2v) is 11.7.